The fourth-order valence-corrected chi connectivity index (χ4v) is 4.58. The quantitative estimate of drug-likeness (QED) is 0.154. The van der Waals surface area contributed by atoms with Gasteiger partial charge in [0, 0.05) is 11.1 Å². The Morgan fingerprint density at radius 3 is 2.08 bits per heavy atom. The molecule has 3 amide bonds. The molecule has 0 saturated carbocycles. The van der Waals surface area contributed by atoms with Gasteiger partial charge in [-0.3, -0.25) is 9.59 Å². The number of nitrogens with zero attached hydrogens (tertiary/aromatic N) is 1. The number of esters is 1. The predicted octanol–water partition coefficient (Wildman–Crippen LogP) is 6.16. The first-order valence-electron chi connectivity index (χ1n) is 15.7. The average Bonchev–Trinajstić information content (AvgIpc) is 3.04. The fraction of sp³-hybridized carbons (Fsp3) is 0.324. The molecule has 3 aromatic carbocycles. The van der Waals surface area contributed by atoms with Crippen LogP contribution in [0.5, 0.6) is 5.75 Å². The van der Waals surface area contributed by atoms with Crippen LogP contribution in [-0.4, -0.2) is 46.5 Å². The van der Waals surface area contributed by atoms with Crippen molar-refractivity contribution in [1.82, 2.24) is 15.6 Å². The SMILES string of the molecule is CC(C)[C@H](NC(=O)OC(C)(C)C)C(=O)N[C@@H](C)C(=O)Nc1ccc(COc2cc3ccccc3nc2C(=O)OCc2ccccc2)cc1. The van der Waals surface area contributed by atoms with Crippen molar-refractivity contribution < 1.29 is 33.4 Å². The number of alkyl carbamates (subject to hydrolysis) is 1. The van der Waals surface area contributed by atoms with Gasteiger partial charge in [-0.25, -0.2) is 14.6 Å². The first kappa shape index (κ1) is 35.4. The van der Waals surface area contributed by atoms with E-state index in [1.165, 1.54) is 0 Å². The minimum absolute atomic E-state index is 0.0746. The Balaban J connectivity index is 1.35. The van der Waals surface area contributed by atoms with Crippen molar-refractivity contribution in [1.29, 1.82) is 0 Å². The lowest BCUT2D eigenvalue weighted by atomic mass is 10.0. The van der Waals surface area contributed by atoms with Gasteiger partial charge in [-0.05, 0) is 69.0 Å². The molecule has 0 aliphatic carbocycles. The molecule has 4 rings (SSSR count). The molecule has 1 aromatic heterocycles. The molecule has 0 radical (unpaired) electrons. The van der Waals surface area contributed by atoms with Crippen LogP contribution < -0.4 is 20.7 Å². The lowest BCUT2D eigenvalue weighted by Crippen LogP contribution is -2.54. The number of para-hydroxylation sites is 1. The monoisotopic (exact) mass is 654 g/mol. The second-order valence-corrected chi connectivity index (χ2v) is 12.7. The Kier molecular flexibility index (Phi) is 11.7. The van der Waals surface area contributed by atoms with Gasteiger partial charge in [0.2, 0.25) is 11.8 Å². The third kappa shape index (κ3) is 10.3. The molecule has 252 valence electrons. The van der Waals surface area contributed by atoms with Crippen molar-refractivity contribution in [3.8, 4) is 5.75 Å². The van der Waals surface area contributed by atoms with E-state index < -0.39 is 41.6 Å². The van der Waals surface area contributed by atoms with Gasteiger partial charge in [0.05, 0.1) is 5.52 Å². The highest BCUT2D eigenvalue weighted by atomic mass is 16.6. The zero-order valence-corrected chi connectivity index (χ0v) is 28.0. The molecule has 0 aliphatic rings. The Morgan fingerprint density at radius 1 is 0.771 bits per heavy atom. The smallest absolute Gasteiger partial charge is 0.408 e. The van der Waals surface area contributed by atoms with Gasteiger partial charge in [0.15, 0.2) is 11.4 Å². The van der Waals surface area contributed by atoms with E-state index in [-0.39, 0.29) is 30.6 Å². The van der Waals surface area contributed by atoms with Crippen molar-refractivity contribution in [3.63, 3.8) is 0 Å². The number of fused-ring (bicyclic) bond motifs is 1. The summed E-state index contributed by atoms with van der Waals surface area (Å²) in [4.78, 5) is 55.6. The summed E-state index contributed by atoms with van der Waals surface area (Å²) in [5.41, 5.74) is 2.14. The number of hydrogen-bond acceptors (Lipinski definition) is 8. The zero-order valence-electron chi connectivity index (χ0n) is 28.0. The van der Waals surface area contributed by atoms with Crippen molar-refractivity contribution in [2.45, 2.75) is 72.4 Å². The highest BCUT2D eigenvalue weighted by molar-refractivity contribution is 5.98. The highest BCUT2D eigenvalue weighted by Gasteiger charge is 2.29. The molecule has 11 nitrogen and oxygen atoms in total. The van der Waals surface area contributed by atoms with E-state index in [9.17, 15) is 19.2 Å². The Hall–Kier alpha value is -5.45. The molecular formula is C37H42N4O7. The van der Waals surface area contributed by atoms with Crippen molar-refractivity contribution in [2.24, 2.45) is 5.92 Å². The van der Waals surface area contributed by atoms with Gasteiger partial charge in [0.1, 0.15) is 30.9 Å². The van der Waals surface area contributed by atoms with Gasteiger partial charge in [-0.2, -0.15) is 0 Å². The lowest BCUT2D eigenvalue weighted by Gasteiger charge is -2.26. The second-order valence-electron chi connectivity index (χ2n) is 12.7. The molecule has 0 saturated heterocycles. The Morgan fingerprint density at radius 2 is 1.42 bits per heavy atom. The van der Waals surface area contributed by atoms with E-state index in [2.05, 4.69) is 20.9 Å². The largest absolute Gasteiger partial charge is 0.486 e. The van der Waals surface area contributed by atoms with E-state index in [1.54, 1.807) is 71.9 Å². The van der Waals surface area contributed by atoms with Crippen molar-refractivity contribution >= 4 is 40.5 Å². The highest BCUT2D eigenvalue weighted by Crippen LogP contribution is 2.25. The van der Waals surface area contributed by atoms with Crippen LogP contribution in [0.4, 0.5) is 10.5 Å². The number of benzene rings is 3. The molecule has 1 heterocycles. The van der Waals surface area contributed by atoms with Crippen LogP contribution in [0, 0.1) is 5.92 Å². The maximum atomic E-state index is 13.1. The van der Waals surface area contributed by atoms with Crippen LogP contribution in [0.25, 0.3) is 10.9 Å². The van der Waals surface area contributed by atoms with E-state index in [4.69, 9.17) is 14.2 Å². The number of nitrogens with one attached hydrogen (secondary N) is 3. The molecular weight excluding hydrogens is 612 g/mol. The maximum absolute atomic E-state index is 13.1. The van der Waals surface area contributed by atoms with Gasteiger partial charge >= 0.3 is 12.1 Å². The van der Waals surface area contributed by atoms with E-state index in [0.29, 0.717) is 11.2 Å². The molecule has 0 unspecified atom stereocenters. The van der Waals surface area contributed by atoms with Gasteiger partial charge in [-0.15, -0.1) is 0 Å². The minimum atomic E-state index is -0.890. The third-order valence-electron chi connectivity index (χ3n) is 7.08. The van der Waals surface area contributed by atoms with Gasteiger partial charge < -0.3 is 30.2 Å². The normalized spacial score (nSPS) is 12.5. The average molecular weight is 655 g/mol. The minimum Gasteiger partial charge on any atom is -0.486 e. The summed E-state index contributed by atoms with van der Waals surface area (Å²) in [5.74, 6) is -1.50. The summed E-state index contributed by atoms with van der Waals surface area (Å²) in [6.07, 6.45) is -0.714. The fourth-order valence-electron chi connectivity index (χ4n) is 4.58. The Bertz CT molecular complexity index is 1730. The number of ether oxygens (including phenoxy) is 3. The summed E-state index contributed by atoms with van der Waals surface area (Å²) < 4.78 is 16.9. The van der Waals surface area contributed by atoms with Crippen LogP contribution in [0.3, 0.4) is 0 Å². The molecule has 3 N–H and O–H groups in total. The molecule has 0 bridgehead atoms. The van der Waals surface area contributed by atoms with Crippen LogP contribution in [0.2, 0.25) is 0 Å². The topological polar surface area (TPSA) is 145 Å². The number of rotatable bonds is 12. The van der Waals surface area contributed by atoms with Gasteiger partial charge in [-0.1, -0.05) is 74.5 Å². The van der Waals surface area contributed by atoms with E-state index >= 15 is 0 Å². The molecule has 4 aromatic rings. The van der Waals surface area contributed by atoms with Crippen molar-refractivity contribution in [3.05, 3.63) is 102 Å². The van der Waals surface area contributed by atoms with E-state index in [1.807, 2.05) is 54.6 Å². The lowest BCUT2D eigenvalue weighted by molar-refractivity contribution is -0.128. The third-order valence-corrected chi connectivity index (χ3v) is 7.08. The maximum Gasteiger partial charge on any atom is 0.408 e. The van der Waals surface area contributed by atoms with Gasteiger partial charge in [0.25, 0.3) is 0 Å². The van der Waals surface area contributed by atoms with Crippen LogP contribution in [0.1, 0.15) is 63.2 Å². The number of anilines is 1. The number of pyridine rings is 1. The first-order valence-corrected chi connectivity index (χ1v) is 15.7. The summed E-state index contributed by atoms with van der Waals surface area (Å²) in [6.45, 7) is 10.5. The standard InChI is InChI=1S/C37H42N4O7/c1-23(2)31(41-36(45)48-37(4,5)6)34(43)38-24(3)33(42)39-28-18-16-26(17-19-28)21-46-30-20-27-14-10-11-15-29(27)40-32(30)35(44)47-22-25-12-8-7-9-13-25/h7-20,23-24,31H,21-22H2,1-6H3,(H,38,43)(H,39,42)(H,41,45)/t24-,31-/m0/s1. The summed E-state index contributed by atoms with van der Waals surface area (Å²) in [5, 5.41) is 8.84. The van der Waals surface area contributed by atoms with Crippen LogP contribution in [0.15, 0.2) is 84.9 Å². The summed E-state index contributed by atoms with van der Waals surface area (Å²) in [6, 6.07) is 23.8. The first-order chi connectivity index (χ1) is 22.8. The van der Waals surface area contributed by atoms with Crippen LogP contribution in [-0.2, 0) is 32.3 Å². The number of carbonyl (C=O) groups excluding carboxylic acids is 4. The predicted molar refractivity (Wildman–Crippen MR) is 182 cm³/mol. The Labute approximate surface area is 280 Å². The molecule has 2 atom stereocenters. The molecule has 0 aliphatic heterocycles. The molecule has 0 spiro atoms. The summed E-state index contributed by atoms with van der Waals surface area (Å²) in [7, 11) is 0. The zero-order chi connectivity index (χ0) is 34.8. The van der Waals surface area contributed by atoms with Crippen molar-refractivity contribution in [2.75, 3.05) is 5.32 Å². The molecule has 48 heavy (non-hydrogen) atoms. The van der Waals surface area contributed by atoms with E-state index in [0.717, 1.165) is 16.5 Å². The van der Waals surface area contributed by atoms with Crippen LogP contribution >= 0.6 is 0 Å². The second kappa shape index (κ2) is 15.9. The number of aromatic nitrogens is 1. The molecule has 0 fully saturated rings. The summed E-state index contributed by atoms with van der Waals surface area (Å²) >= 11 is 0. The molecule has 11 heteroatoms. The number of hydrogen-bond donors (Lipinski definition) is 3. The number of carbonyl (C=O) groups is 4. The number of amides is 3.